The SMILES string of the molecule is CC(NC(=O)C1CCCc2ccccc2C1)C(Cc1ccc(Cl)cc1)c1ccccc1. The summed E-state index contributed by atoms with van der Waals surface area (Å²) in [6.07, 6.45) is 4.77. The lowest BCUT2D eigenvalue weighted by Gasteiger charge is -2.27. The molecule has 1 aliphatic rings. The molecule has 31 heavy (non-hydrogen) atoms. The Morgan fingerprint density at radius 3 is 2.39 bits per heavy atom. The van der Waals surface area contributed by atoms with Crippen molar-refractivity contribution in [3.8, 4) is 0 Å². The molecule has 0 bridgehead atoms. The standard InChI is InChI=1S/C28H30ClNO/c1-20(30-28(31)25-13-7-12-22-8-5-6-11-24(22)19-25)27(23-9-3-2-4-10-23)18-21-14-16-26(29)17-15-21/h2-6,8-11,14-17,20,25,27H,7,12-13,18-19H2,1H3,(H,30,31). The van der Waals surface area contributed by atoms with Crippen LogP contribution >= 0.6 is 11.6 Å². The lowest BCUT2D eigenvalue weighted by molar-refractivity contribution is -0.126. The van der Waals surface area contributed by atoms with E-state index in [1.807, 2.05) is 18.2 Å². The molecule has 0 fully saturated rings. The molecule has 0 spiro atoms. The molecule has 0 saturated carbocycles. The van der Waals surface area contributed by atoms with Gasteiger partial charge in [-0.1, -0.05) is 78.3 Å². The molecule has 3 unspecified atom stereocenters. The second-order valence-corrected chi connectivity index (χ2v) is 9.14. The summed E-state index contributed by atoms with van der Waals surface area (Å²) in [4.78, 5) is 13.3. The first-order valence-corrected chi connectivity index (χ1v) is 11.6. The second-order valence-electron chi connectivity index (χ2n) is 8.71. The number of fused-ring (bicyclic) bond motifs is 1. The molecule has 0 heterocycles. The van der Waals surface area contributed by atoms with Crippen molar-refractivity contribution >= 4 is 17.5 Å². The Labute approximate surface area is 190 Å². The third-order valence-electron chi connectivity index (χ3n) is 6.52. The van der Waals surface area contributed by atoms with Crippen LogP contribution < -0.4 is 5.32 Å². The molecule has 4 rings (SSSR count). The molecular weight excluding hydrogens is 402 g/mol. The van der Waals surface area contributed by atoms with Gasteiger partial charge in [0.2, 0.25) is 5.91 Å². The molecular formula is C28H30ClNO. The number of amides is 1. The van der Waals surface area contributed by atoms with Gasteiger partial charge in [-0.25, -0.2) is 0 Å². The van der Waals surface area contributed by atoms with Gasteiger partial charge in [-0.3, -0.25) is 4.79 Å². The summed E-state index contributed by atoms with van der Waals surface area (Å²) in [5.41, 5.74) is 5.20. The van der Waals surface area contributed by atoms with Crippen molar-refractivity contribution < 1.29 is 4.79 Å². The minimum Gasteiger partial charge on any atom is -0.353 e. The van der Waals surface area contributed by atoms with Gasteiger partial charge in [-0.05, 0) is 73.4 Å². The zero-order valence-electron chi connectivity index (χ0n) is 18.1. The summed E-state index contributed by atoms with van der Waals surface area (Å²) in [7, 11) is 0. The molecule has 0 radical (unpaired) electrons. The van der Waals surface area contributed by atoms with Crippen LogP contribution in [0.5, 0.6) is 0 Å². The van der Waals surface area contributed by atoms with Crippen LogP contribution in [0.3, 0.4) is 0 Å². The normalized spacial score (nSPS) is 17.8. The molecule has 0 aromatic heterocycles. The van der Waals surface area contributed by atoms with E-state index in [9.17, 15) is 4.79 Å². The van der Waals surface area contributed by atoms with E-state index < -0.39 is 0 Å². The van der Waals surface area contributed by atoms with Crippen molar-refractivity contribution in [1.29, 1.82) is 0 Å². The smallest absolute Gasteiger partial charge is 0.223 e. The average molecular weight is 432 g/mol. The van der Waals surface area contributed by atoms with Crippen LogP contribution in [0.4, 0.5) is 0 Å². The Morgan fingerprint density at radius 2 is 1.65 bits per heavy atom. The van der Waals surface area contributed by atoms with Crippen LogP contribution in [-0.2, 0) is 24.1 Å². The fraction of sp³-hybridized carbons (Fsp3) is 0.321. The third-order valence-corrected chi connectivity index (χ3v) is 6.78. The van der Waals surface area contributed by atoms with Gasteiger partial charge in [0.05, 0.1) is 0 Å². The summed E-state index contributed by atoms with van der Waals surface area (Å²) >= 11 is 6.07. The Balaban J connectivity index is 1.49. The molecule has 1 amide bonds. The zero-order chi connectivity index (χ0) is 21.6. The van der Waals surface area contributed by atoms with Gasteiger partial charge in [-0.2, -0.15) is 0 Å². The third kappa shape index (κ3) is 5.57. The van der Waals surface area contributed by atoms with Gasteiger partial charge < -0.3 is 5.32 Å². The Kier molecular flexibility index (Phi) is 7.09. The van der Waals surface area contributed by atoms with Gasteiger partial charge in [0.1, 0.15) is 0 Å². The van der Waals surface area contributed by atoms with Gasteiger partial charge in [0.15, 0.2) is 0 Å². The van der Waals surface area contributed by atoms with E-state index in [4.69, 9.17) is 11.6 Å². The minimum atomic E-state index is 0.0316. The predicted molar refractivity (Wildman–Crippen MR) is 129 cm³/mol. The summed E-state index contributed by atoms with van der Waals surface area (Å²) < 4.78 is 0. The van der Waals surface area contributed by atoms with Gasteiger partial charge in [-0.15, -0.1) is 0 Å². The Bertz CT molecular complexity index is 999. The molecule has 0 aliphatic heterocycles. The monoisotopic (exact) mass is 431 g/mol. The highest BCUT2D eigenvalue weighted by Crippen LogP contribution is 2.28. The number of hydrogen-bond donors (Lipinski definition) is 1. The van der Waals surface area contributed by atoms with Crippen molar-refractivity contribution in [3.05, 3.63) is 106 Å². The first kappa shape index (κ1) is 21.6. The van der Waals surface area contributed by atoms with E-state index in [0.29, 0.717) is 0 Å². The van der Waals surface area contributed by atoms with Crippen LogP contribution in [0.2, 0.25) is 5.02 Å². The highest BCUT2D eigenvalue weighted by molar-refractivity contribution is 6.30. The van der Waals surface area contributed by atoms with E-state index in [2.05, 4.69) is 72.9 Å². The quantitative estimate of drug-likeness (QED) is 0.451. The molecule has 1 N–H and O–H groups in total. The van der Waals surface area contributed by atoms with Gasteiger partial charge in [0, 0.05) is 22.9 Å². The molecule has 1 aliphatic carbocycles. The molecule has 2 nitrogen and oxygen atoms in total. The maximum Gasteiger partial charge on any atom is 0.223 e. The first-order valence-electron chi connectivity index (χ1n) is 11.3. The molecule has 3 heteroatoms. The Morgan fingerprint density at radius 1 is 0.968 bits per heavy atom. The van der Waals surface area contributed by atoms with Crippen LogP contribution in [0.15, 0.2) is 78.9 Å². The lowest BCUT2D eigenvalue weighted by atomic mass is 9.86. The molecule has 3 aromatic rings. The number of aryl methyl sites for hydroxylation is 1. The number of rotatable bonds is 6. The highest BCUT2D eigenvalue weighted by atomic mass is 35.5. The van der Waals surface area contributed by atoms with Crippen LogP contribution in [-0.4, -0.2) is 11.9 Å². The number of carbonyl (C=O) groups excluding carboxylic acids is 1. The fourth-order valence-corrected chi connectivity index (χ4v) is 4.86. The maximum atomic E-state index is 13.3. The van der Waals surface area contributed by atoms with E-state index in [-0.39, 0.29) is 23.8 Å². The zero-order valence-corrected chi connectivity index (χ0v) is 18.8. The van der Waals surface area contributed by atoms with Gasteiger partial charge >= 0.3 is 0 Å². The molecule has 3 aromatic carbocycles. The number of nitrogens with one attached hydrogen (secondary N) is 1. The number of halogens is 1. The van der Waals surface area contributed by atoms with Crippen molar-refractivity contribution in [2.24, 2.45) is 5.92 Å². The largest absolute Gasteiger partial charge is 0.353 e. The summed E-state index contributed by atoms with van der Waals surface area (Å²) in [5, 5.41) is 4.12. The lowest BCUT2D eigenvalue weighted by Crippen LogP contribution is -2.41. The minimum absolute atomic E-state index is 0.0316. The molecule has 3 atom stereocenters. The second kappa shape index (κ2) is 10.2. The van der Waals surface area contributed by atoms with Crippen LogP contribution in [0.1, 0.15) is 47.9 Å². The predicted octanol–water partition coefficient (Wildman–Crippen LogP) is 6.37. The van der Waals surface area contributed by atoms with Crippen LogP contribution in [0, 0.1) is 5.92 Å². The van der Waals surface area contributed by atoms with Crippen molar-refractivity contribution in [2.45, 2.75) is 51.0 Å². The summed E-state index contributed by atoms with van der Waals surface area (Å²) in [5.74, 6) is 0.420. The summed E-state index contributed by atoms with van der Waals surface area (Å²) in [6.45, 7) is 2.14. The fourth-order valence-electron chi connectivity index (χ4n) is 4.73. The van der Waals surface area contributed by atoms with Crippen molar-refractivity contribution in [1.82, 2.24) is 5.32 Å². The Hall–Kier alpha value is -2.58. The highest BCUT2D eigenvalue weighted by Gasteiger charge is 2.27. The topological polar surface area (TPSA) is 29.1 Å². The van der Waals surface area contributed by atoms with E-state index in [1.165, 1.54) is 22.3 Å². The number of hydrogen-bond acceptors (Lipinski definition) is 1. The van der Waals surface area contributed by atoms with Crippen molar-refractivity contribution in [3.63, 3.8) is 0 Å². The number of carbonyl (C=O) groups is 1. The number of benzene rings is 3. The maximum absolute atomic E-state index is 13.3. The summed E-state index contributed by atoms with van der Waals surface area (Å²) in [6, 6.07) is 27.1. The average Bonchev–Trinajstić information content (AvgIpc) is 3.02. The van der Waals surface area contributed by atoms with Crippen LogP contribution in [0.25, 0.3) is 0 Å². The van der Waals surface area contributed by atoms with E-state index >= 15 is 0 Å². The van der Waals surface area contributed by atoms with E-state index in [0.717, 1.165) is 37.1 Å². The van der Waals surface area contributed by atoms with Gasteiger partial charge in [0.25, 0.3) is 0 Å². The van der Waals surface area contributed by atoms with Crippen molar-refractivity contribution in [2.75, 3.05) is 0 Å². The molecule has 160 valence electrons. The first-order chi connectivity index (χ1) is 15.1. The van der Waals surface area contributed by atoms with E-state index in [1.54, 1.807) is 0 Å². The molecule has 0 saturated heterocycles.